The Labute approximate surface area is 306 Å². The molecule has 5 N–H and O–H groups in total. The molecule has 2 atom stereocenters. The van der Waals surface area contributed by atoms with Gasteiger partial charge in [-0.1, -0.05) is 17.9 Å². The number of pyridine rings is 2. The van der Waals surface area contributed by atoms with Gasteiger partial charge in [0.25, 0.3) is 12.0 Å². The highest BCUT2D eigenvalue weighted by Crippen LogP contribution is 2.52. The second-order valence-corrected chi connectivity index (χ2v) is 14.4. The van der Waals surface area contributed by atoms with Gasteiger partial charge in [-0.3, -0.25) is 0 Å². The van der Waals surface area contributed by atoms with Crippen LogP contribution in [-0.2, 0) is 20.6 Å². The summed E-state index contributed by atoms with van der Waals surface area (Å²) in [6.45, 7) is 6.70. The van der Waals surface area contributed by atoms with Crippen LogP contribution < -0.4 is 20.9 Å². The number of phenolic OH excluding ortho intramolecular Hbond substituents is 1. The molecule has 4 aliphatic rings. The van der Waals surface area contributed by atoms with Crippen LogP contribution in [0.5, 0.6) is 29.0 Å². The summed E-state index contributed by atoms with van der Waals surface area (Å²) < 4.78 is 23.8. The Balaban J connectivity index is 0.000000160. The van der Waals surface area contributed by atoms with Crippen molar-refractivity contribution in [3.63, 3.8) is 0 Å². The molecule has 0 fully saturated rings. The van der Waals surface area contributed by atoms with Crippen LogP contribution in [0.3, 0.4) is 0 Å². The number of fused-ring (bicyclic) bond motifs is 8. The molecule has 14 heteroatoms. The molecule has 4 aliphatic heterocycles. The molecule has 3 aromatic heterocycles. The normalized spacial score (nSPS) is 20.1. The number of phenols is 1. The topological polar surface area (TPSA) is 185 Å². The van der Waals surface area contributed by atoms with Gasteiger partial charge in [0.05, 0.1) is 23.5 Å². The average molecular weight is 760 g/mol. The molecule has 9 rings (SSSR count). The van der Waals surface area contributed by atoms with E-state index in [0.29, 0.717) is 28.8 Å². The van der Waals surface area contributed by atoms with Gasteiger partial charge in [0.15, 0.2) is 11.1 Å². The van der Waals surface area contributed by atoms with E-state index >= 15 is 0 Å². The number of hydrogen-bond donors (Lipinski definition) is 3. The van der Waals surface area contributed by atoms with E-state index in [0.717, 1.165) is 37.9 Å². The molecule has 0 saturated carbocycles. The zero-order valence-electron chi connectivity index (χ0n) is 28.2. The van der Waals surface area contributed by atoms with Crippen LogP contribution >= 0.6 is 15.9 Å². The fourth-order valence-electron chi connectivity index (χ4n) is 6.39. The molecular formula is C38H31BrN8O5. The van der Waals surface area contributed by atoms with E-state index in [1.54, 1.807) is 43.0 Å². The molecule has 13 nitrogen and oxygen atoms in total. The molecule has 0 amide bonds. The summed E-state index contributed by atoms with van der Waals surface area (Å²) in [6, 6.07) is 16.8. The number of aromatic nitrogens is 4. The van der Waals surface area contributed by atoms with Crippen LogP contribution in [0.25, 0.3) is 11.1 Å². The van der Waals surface area contributed by atoms with Crippen LogP contribution in [0.4, 0.5) is 0 Å². The Hall–Kier alpha value is -6.20. The van der Waals surface area contributed by atoms with E-state index in [1.165, 1.54) is 0 Å². The summed E-state index contributed by atoms with van der Waals surface area (Å²) in [5.74, 6) is 8.77. The van der Waals surface area contributed by atoms with Gasteiger partial charge < -0.3 is 35.5 Å². The lowest BCUT2D eigenvalue weighted by molar-refractivity contribution is 0.262. The third-order valence-corrected chi connectivity index (χ3v) is 9.20. The number of nitrogens with two attached hydrogens (primary N) is 2. The molecule has 52 heavy (non-hydrogen) atoms. The summed E-state index contributed by atoms with van der Waals surface area (Å²) in [4.78, 5) is 18.0. The molecular weight excluding hydrogens is 728 g/mol. The molecule has 2 aromatic carbocycles. The minimum atomic E-state index is -0.851. The Morgan fingerprint density at radius 3 is 1.98 bits per heavy atom. The predicted octanol–water partition coefficient (Wildman–Crippen LogP) is 5.87. The molecule has 0 aliphatic carbocycles. The highest BCUT2D eigenvalue weighted by Gasteiger charge is 2.49. The van der Waals surface area contributed by atoms with Crippen molar-refractivity contribution in [3.05, 3.63) is 112 Å². The van der Waals surface area contributed by atoms with E-state index in [1.807, 2.05) is 36.4 Å². The Morgan fingerprint density at radius 2 is 1.37 bits per heavy atom. The van der Waals surface area contributed by atoms with Crippen LogP contribution in [0, 0.1) is 17.3 Å². The van der Waals surface area contributed by atoms with Gasteiger partial charge in [0.1, 0.15) is 30.5 Å². The number of aromatic hydroxyl groups is 1. The van der Waals surface area contributed by atoms with Gasteiger partial charge in [-0.05, 0) is 90.8 Å². The first-order valence-electron chi connectivity index (χ1n) is 16.2. The largest absolute Gasteiger partial charge is 0.508 e. The van der Waals surface area contributed by atoms with Crippen LogP contribution in [0.2, 0.25) is 0 Å². The highest BCUT2D eigenvalue weighted by molar-refractivity contribution is 9.10. The zero-order chi connectivity index (χ0) is 36.3. The lowest BCUT2D eigenvalue weighted by Crippen LogP contribution is -2.31. The quantitative estimate of drug-likeness (QED) is 0.174. The molecule has 260 valence electrons. The minimum Gasteiger partial charge on any atom is -0.508 e. The smallest absolute Gasteiger partial charge is 0.283 e. The molecule has 2 spiro atoms. The van der Waals surface area contributed by atoms with E-state index in [4.69, 9.17) is 35.4 Å². The van der Waals surface area contributed by atoms with E-state index in [-0.39, 0.29) is 36.4 Å². The predicted molar refractivity (Wildman–Crippen MR) is 195 cm³/mol. The van der Waals surface area contributed by atoms with E-state index in [9.17, 15) is 5.11 Å². The lowest BCUT2D eigenvalue weighted by Gasteiger charge is -2.33. The SMILES string of the molecule is CC(C)(C)C#Cc1cnc2c(c1)[C@@]1(COC(N)=N1)c1cc(-c3ccnnc3)ccc1O2.NC1=N[C@]2(CO1)c1cc(O)ccc1Oc1ncc(Br)cc12. The van der Waals surface area contributed by atoms with Crippen molar-refractivity contribution >= 4 is 28.0 Å². The monoisotopic (exact) mass is 758 g/mol. The summed E-state index contributed by atoms with van der Waals surface area (Å²) in [6.07, 6.45) is 6.75. The molecule has 0 radical (unpaired) electrons. The molecule has 5 aromatic rings. The number of hydrogen-bond acceptors (Lipinski definition) is 13. The van der Waals surface area contributed by atoms with Gasteiger partial charge >= 0.3 is 0 Å². The maximum Gasteiger partial charge on any atom is 0.283 e. The Morgan fingerprint density at radius 1 is 0.731 bits per heavy atom. The Bertz CT molecular complexity index is 2330. The van der Waals surface area contributed by atoms with Gasteiger partial charge in [0, 0.05) is 44.5 Å². The first-order valence-corrected chi connectivity index (χ1v) is 17.0. The maximum absolute atomic E-state index is 9.80. The van der Waals surface area contributed by atoms with E-state index < -0.39 is 11.1 Å². The number of nitrogens with zero attached hydrogens (tertiary/aromatic N) is 6. The Kier molecular flexibility index (Phi) is 7.76. The third kappa shape index (κ3) is 5.78. The van der Waals surface area contributed by atoms with Crippen molar-refractivity contribution in [1.29, 1.82) is 0 Å². The standard InChI is InChI=1S/C24H21N5O2.C14H10BrN3O3/c1-23(2,3)8-6-15-10-19-21(26-12-15)31-20-5-4-16(17-7-9-27-28-13-17)11-18(20)24(19)14-30-22(25)29-24;15-7-3-10-12(17-5-7)21-11-2-1-8(19)4-9(11)14(10)6-20-13(16)18-14/h4-5,7,9-13H,14H2,1-3H3,(H2,25,29);1-5,19H,6H2,(H2,16,18)/t24-;14-/m11/s1. The second kappa shape index (κ2) is 12.2. The fourth-order valence-corrected chi connectivity index (χ4v) is 6.72. The summed E-state index contributed by atoms with van der Waals surface area (Å²) in [7, 11) is 0. The van der Waals surface area contributed by atoms with Crippen LogP contribution in [0.15, 0.2) is 93.8 Å². The van der Waals surface area contributed by atoms with Gasteiger partial charge in [-0.2, -0.15) is 10.2 Å². The first-order chi connectivity index (χ1) is 24.9. The molecule has 0 unspecified atom stereocenters. The van der Waals surface area contributed by atoms with Crippen LogP contribution in [-0.4, -0.2) is 50.5 Å². The number of halogens is 1. The van der Waals surface area contributed by atoms with Gasteiger partial charge in [-0.15, -0.1) is 0 Å². The lowest BCUT2D eigenvalue weighted by atomic mass is 9.81. The third-order valence-electron chi connectivity index (χ3n) is 8.77. The average Bonchev–Trinajstić information content (AvgIpc) is 3.72. The fraction of sp³-hybridized carbons (Fsp3) is 0.211. The number of rotatable bonds is 1. The van der Waals surface area contributed by atoms with Crippen molar-refractivity contribution in [1.82, 2.24) is 20.2 Å². The molecule has 0 bridgehead atoms. The number of benzene rings is 2. The summed E-state index contributed by atoms with van der Waals surface area (Å²) in [5.41, 5.74) is 15.7. The van der Waals surface area contributed by atoms with Crippen molar-refractivity contribution in [3.8, 4) is 52.0 Å². The van der Waals surface area contributed by atoms with Crippen molar-refractivity contribution < 1.29 is 24.1 Å². The minimum absolute atomic E-state index is 0.108. The maximum atomic E-state index is 9.80. The summed E-state index contributed by atoms with van der Waals surface area (Å²) >= 11 is 3.40. The van der Waals surface area contributed by atoms with Gasteiger partial charge in [0.2, 0.25) is 11.8 Å². The number of ether oxygens (including phenoxy) is 4. The first kappa shape index (κ1) is 33.0. The van der Waals surface area contributed by atoms with Crippen molar-refractivity contribution in [2.75, 3.05) is 13.2 Å². The number of amidine groups is 2. The molecule has 7 heterocycles. The second-order valence-electron chi connectivity index (χ2n) is 13.5. The van der Waals surface area contributed by atoms with Crippen LogP contribution in [0.1, 0.15) is 48.6 Å². The van der Waals surface area contributed by atoms with E-state index in [2.05, 4.69) is 73.7 Å². The number of aliphatic imine (C=N–C) groups is 2. The molecule has 0 saturated heterocycles. The van der Waals surface area contributed by atoms with Crippen molar-refractivity contribution in [2.45, 2.75) is 31.8 Å². The van der Waals surface area contributed by atoms with Crippen molar-refractivity contribution in [2.24, 2.45) is 26.9 Å². The summed E-state index contributed by atoms with van der Waals surface area (Å²) in [5, 5.41) is 17.6. The zero-order valence-corrected chi connectivity index (χ0v) is 29.8. The van der Waals surface area contributed by atoms with Gasteiger partial charge in [-0.25, -0.2) is 20.0 Å². The highest BCUT2D eigenvalue weighted by atomic mass is 79.9.